The van der Waals surface area contributed by atoms with Gasteiger partial charge in [-0.25, -0.2) is 4.39 Å². The summed E-state index contributed by atoms with van der Waals surface area (Å²) in [7, 11) is 0. The monoisotopic (exact) mass is 271 g/mol. The van der Waals surface area contributed by atoms with Crippen molar-refractivity contribution in [1.82, 2.24) is 4.90 Å². The Hall–Kier alpha value is -1.29. The van der Waals surface area contributed by atoms with Gasteiger partial charge < -0.3 is 10.0 Å². The van der Waals surface area contributed by atoms with Crippen LogP contribution in [0.5, 0.6) is 5.75 Å². The molecule has 0 bridgehead atoms. The minimum absolute atomic E-state index is 0.0292. The normalized spacial score (nSPS) is 19.2. The zero-order valence-corrected chi connectivity index (χ0v) is 10.7. The summed E-state index contributed by atoms with van der Waals surface area (Å²) in [6.07, 6.45) is 1.79. The first kappa shape index (κ1) is 13.1. The summed E-state index contributed by atoms with van der Waals surface area (Å²) >= 11 is 5.68. The van der Waals surface area contributed by atoms with Crippen LogP contribution in [-0.4, -0.2) is 34.9 Å². The van der Waals surface area contributed by atoms with E-state index in [-0.39, 0.29) is 17.2 Å². The first-order valence-corrected chi connectivity index (χ1v) is 6.49. The van der Waals surface area contributed by atoms with E-state index in [1.165, 1.54) is 6.07 Å². The molecule has 1 aliphatic rings. The number of likely N-dealkylation sites (tertiary alicyclic amines) is 1. The molecule has 1 aliphatic heterocycles. The van der Waals surface area contributed by atoms with E-state index in [0.717, 1.165) is 25.0 Å². The highest BCUT2D eigenvalue weighted by molar-refractivity contribution is 6.17. The van der Waals surface area contributed by atoms with Gasteiger partial charge in [0.1, 0.15) is 11.6 Å². The van der Waals surface area contributed by atoms with Crippen molar-refractivity contribution in [2.75, 3.05) is 19.0 Å². The number of amides is 1. The average molecular weight is 272 g/mol. The van der Waals surface area contributed by atoms with Crippen LogP contribution in [-0.2, 0) is 0 Å². The van der Waals surface area contributed by atoms with Gasteiger partial charge in [0.2, 0.25) is 0 Å². The van der Waals surface area contributed by atoms with Crippen molar-refractivity contribution in [1.29, 1.82) is 0 Å². The number of hydrogen-bond acceptors (Lipinski definition) is 2. The zero-order valence-electron chi connectivity index (χ0n) is 9.90. The Balaban J connectivity index is 2.10. The predicted molar refractivity (Wildman–Crippen MR) is 67.4 cm³/mol. The van der Waals surface area contributed by atoms with Crippen molar-refractivity contribution in [3.05, 3.63) is 29.6 Å². The second kappa shape index (κ2) is 5.57. The lowest BCUT2D eigenvalue weighted by molar-refractivity contribution is 0.0783. The largest absolute Gasteiger partial charge is 0.507 e. The van der Waals surface area contributed by atoms with Crippen LogP contribution < -0.4 is 0 Å². The number of carbonyl (C=O) groups excluding carboxylic acids is 1. The number of rotatable bonds is 3. The number of phenolic OH excluding ortho intramolecular Hbond substituents is 1. The molecule has 0 saturated carbocycles. The van der Waals surface area contributed by atoms with Gasteiger partial charge in [0.25, 0.3) is 5.91 Å². The third-order valence-electron chi connectivity index (χ3n) is 3.28. The van der Waals surface area contributed by atoms with Gasteiger partial charge in [0, 0.05) is 19.0 Å². The van der Waals surface area contributed by atoms with E-state index >= 15 is 0 Å². The standard InChI is InChI=1S/C13H15ClFNO2/c14-5-3-9-4-6-16(8-9)13(18)11-7-10(15)1-2-12(11)17/h1-2,7,9,17H,3-6,8H2. The molecule has 1 aromatic rings. The van der Waals surface area contributed by atoms with Crippen molar-refractivity contribution in [3.8, 4) is 5.75 Å². The van der Waals surface area contributed by atoms with Crippen molar-refractivity contribution in [2.24, 2.45) is 5.92 Å². The van der Waals surface area contributed by atoms with E-state index in [0.29, 0.717) is 24.9 Å². The van der Waals surface area contributed by atoms with Gasteiger partial charge >= 0.3 is 0 Å². The number of carbonyl (C=O) groups is 1. The molecule has 1 heterocycles. The van der Waals surface area contributed by atoms with E-state index < -0.39 is 5.82 Å². The van der Waals surface area contributed by atoms with E-state index in [1.807, 2.05) is 0 Å². The molecule has 1 N–H and O–H groups in total. The van der Waals surface area contributed by atoms with E-state index in [1.54, 1.807) is 4.90 Å². The van der Waals surface area contributed by atoms with Crippen LogP contribution in [0.4, 0.5) is 4.39 Å². The van der Waals surface area contributed by atoms with Gasteiger partial charge in [0.05, 0.1) is 5.56 Å². The minimum Gasteiger partial charge on any atom is -0.507 e. The lowest BCUT2D eigenvalue weighted by Gasteiger charge is -2.17. The van der Waals surface area contributed by atoms with Crippen LogP contribution in [0.2, 0.25) is 0 Å². The van der Waals surface area contributed by atoms with Crippen LogP contribution >= 0.6 is 11.6 Å². The smallest absolute Gasteiger partial charge is 0.257 e. The molecule has 0 aliphatic carbocycles. The molecule has 1 unspecified atom stereocenters. The lowest BCUT2D eigenvalue weighted by Crippen LogP contribution is -2.28. The number of phenols is 1. The van der Waals surface area contributed by atoms with Gasteiger partial charge in [-0.3, -0.25) is 4.79 Å². The number of nitrogens with zero attached hydrogens (tertiary/aromatic N) is 1. The Morgan fingerprint density at radius 1 is 1.56 bits per heavy atom. The highest BCUT2D eigenvalue weighted by atomic mass is 35.5. The second-order valence-electron chi connectivity index (χ2n) is 4.54. The highest BCUT2D eigenvalue weighted by Gasteiger charge is 2.27. The van der Waals surface area contributed by atoms with E-state index in [2.05, 4.69) is 0 Å². The third kappa shape index (κ3) is 2.75. The second-order valence-corrected chi connectivity index (χ2v) is 4.92. The molecule has 1 saturated heterocycles. The molecule has 1 fully saturated rings. The number of halogens is 2. The predicted octanol–water partition coefficient (Wildman–Crippen LogP) is 2.62. The maximum atomic E-state index is 13.1. The summed E-state index contributed by atoms with van der Waals surface area (Å²) in [6, 6.07) is 3.41. The fraction of sp³-hybridized carbons (Fsp3) is 0.462. The molecule has 0 spiro atoms. The maximum Gasteiger partial charge on any atom is 0.257 e. The summed E-state index contributed by atoms with van der Waals surface area (Å²) in [4.78, 5) is 13.8. The molecule has 3 nitrogen and oxygen atoms in total. The van der Waals surface area contributed by atoms with Crippen molar-refractivity contribution < 1.29 is 14.3 Å². The van der Waals surface area contributed by atoms with Crippen LogP contribution in [0.25, 0.3) is 0 Å². The van der Waals surface area contributed by atoms with Crippen LogP contribution in [0.1, 0.15) is 23.2 Å². The van der Waals surface area contributed by atoms with Gasteiger partial charge in [-0.05, 0) is 37.0 Å². The van der Waals surface area contributed by atoms with E-state index in [4.69, 9.17) is 11.6 Å². The van der Waals surface area contributed by atoms with Gasteiger partial charge in [-0.1, -0.05) is 0 Å². The molecule has 18 heavy (non-hydrogen) atoms. The van der Waals surface area contributed by atoms with Gasteiger partial charge in [-0.2, -0.15) is 0 Å². The molecule has 1 aromatic carbocycles. The summed E-state index contributed by atoms with van der Waals surface area (Å²) in [5.41, 5.74) is 0.0292. The maximum absolute atomic E-state index is 13.1. The molecule has 5 heteroatoms. The first-order chi connectivity index (χ1) is 8.61. The highest BCUT2D eigenvalue weighted by Crippen LogP contribution is 2.25. The van der Waals surface area contributed by atoms with Gasteiger partial charge in [-0.15, -0.1) is 11.6 Å². The third-order valence-corrected chi connectivity index (χ3v) is 3.50. The number of benzene rings is 1. The molecule has 2 rings (SSSR count). The molecule has 1 amide bonds. The summed E-state index contributed by atoms with van der Waals surface area (Å²) < 4.78 is 13.1. The Morgan fingerprint density at radius 3 is 3.06 bits per heavy atom. The van der Waals surface area contributed by atoms with Crippen molar-refractivity contribution >= 4 is 17.5 Å². The quantitative estimate of drug-likeness (QED) is 0.859. The average Bonchev–Trinajstić information content (AvgIpc) is 2.80. The first-order valence-electron chi connectivity index (χ1n) is 5.95. The van der Waals surface area contributed by atoms with E-state index in [9.17, 15) is 14.3 Å². The summed E-state index contributed by atoms with van der Waals surface area (Å²) in [5.74, 6) is -0.0289. The Kier molecular flexibility index (Phi) is 4.07. The Morgan fingerprint density at radius 2 is 2.33 bits per heavy atom. The molecule has 98 valence electrons. The Labute approximate surface area is 110 Å². The molecule has 1 atom stereocenters. The van der Waals surface area contributed by atoms with Crippen LogP contribution in [0, 0.1) is 11.7 Å². The van der Waals surface area contributed by atoms with Crippen LogP contribution in [0.15, 0.2) is 18.2 Å². The number of alkyl halides is 1. The zero-order chi connectivity index (χ0) is 13.1. The minimum atomic E-state index is -0.521. The Bertz CT molecular complexity index is 453. The molecular formula is C13H15ClFNO2. The van der Waals surface area contributed by atoms with Crippen LogP contribution in [0.3, 0.4) is 0 Å². The summed E-state index contributed by atoms with van der Waals surface area (Å²) in [5, 5.41) is 9.60. The molecule has 0 radical (unpaired) electrons. The lowest BCUT2D eigenvalue weighted by atomic mass is 10.1. The molecule has 0 aromatic heterocycles. The number of hydrogen-bond donors (Lipinski definition) is 1. The fourth-order valence-electron chi connectivity index (χ4n) is 2.26. The summed E-state index contributed by atoms with van der Waals surface area (Å²) in [6.45, 7) is 1.26. The van der Waals surface area contributed by atoms with Crippen molar-refractivity contribution in [3.63, 3.8) is 0 Å². The topological polar surface area (TPSA) is 40.5 Å². The molecular weight excluding hydrogens is 257 g/mol. The number of aromatic hydroxyl groups is 1. The van der Waals surface area contributed by atoms with Gasteiger partial charge in [0.15, 0.2) is 0 Å². The fourth-order valence-corrected chi connectivity index (χ4v) is 2.57. The van der Waals surface area contributed by atoms with Crippen molar-refractivity contribution in [2.45, 2.75) is 12.8 Å². The SMILES string of the molecule is O=C(c1cc(F)ccc1O)N1CCC(CCCl)C1.